The molecule has 2 aromatic rings. The molecule has 0 atom stereocenters. The van der Waals surface area contributed by atoms with Crippen LogP contribution in [0.2, 0.25) is 5.02 Å². The molecule has 0 spiro atoms. The van der Waals surface area contributed by atoms with Gasteiger partial charge in [-0.1, -0.05) is 17.7 Å². The van der Waals surface area contributed by atoms with E-state index in [9.17, 15) is 10.1 Å². The van der Waals surface area contributed by atoms with Gasteiger partial charge in [0.1, 0.15) is 0 Å². The van der Waals surface area contributed by atoms with Crippen LogP contribution in [0.1, 0.15) is 5.56 Å². The van der Waals surface area contributed by atoms with Gasteiger partial charge in [0.15, 0.2) is 0 Å². The van der Waals surface area contributed by atoms with E-state index < -0.39 is 4.92 Å². The minimum atomic E-state index is -0.419. The van der Waals surface area contributed by atoms with E-state index in [-0.39, 0.29) is 11.8 Å². The first-order valence-corrected chi connectivity index (χ1v) is 5.32. The Labute approximate surface area is 109 Å². The molecule has 0 aliphatic rings. The van der Waals surface area contributed by atoms with E-state index in [0.29, 0.717) is 5.02 Å². The van der Waals surface area contributed by atoms with Gasteiger partial charge in [0, 0.05) is 30.1 Å². The maximum Gasteiger partial charge on any atom is 0.270 e. The first-order chi connectivity index (χ1) is 8.09. The van der Waals surface area contributed by atoms with E-state index in [4.69, 9.17) is 11.6 Å². The lowest BCUT2D eigenvalue weighted by Crippen LogP contribution is -1.91. The van der Waals surface area contributed by atoms with Crippen LogP contribution in [0.5, 0.6) is 0 Å². The van der Waals surface area contributed by atoms with Crippen LogP contribution in [-0.4, -0.2) is 9.91 Å². The third-order valence-corrected chi connectivity index (χ3v) is 2.80. The van der Waals surface area contributed by atoms with Crippen LogP contribution in [0.15, 0.2) is 36.7 Å². The Kier molecular flexibility index (Phi) is 4.36. The summed E-state index contributed by atoms with van der Waals surface area (Å²) < 4.78 is 0. The average molecular weight is 266 g/mol. The average Bonchev–Trinajstić information content (AvgIpc) is 2.30. The quantitative estimate of drug-likeness (QED) is 0.661. The fraction of sp³-hybridized carbons (Fsp3) is 0.0833. The molecule has 0 fully saturated rings. The van der Waals surface area contributed by atoms with Crippen LogP contribution >= 0.6 is 11.6 Å². The van der Waals surface area contributed by atoms with Crippen molar-refractivity contribution in [2.45, 2.75) is 6.92 Å². The van der Waals surface area contributed by atoms with E-state index in [0.717, 1.165) is 16.7 Å². The first kappa shape index (κ1) is 14.1. The molecule has 0 radical (unpaired) electrons. The van der Waals surface area contributed by atoms with Crippen molar-refractivity contribution in [1.29, 1.82) is 0 Å². The zero-order chi connectivity index (χ0) is 12.4. The zero-order valence-corrected chi connectivity index (χ0v) is 10.5. The summed E-state index contributed by atoms with van der Waals surface area (Å²) in [4.78, 5) is 14.2. The normalized spacial score (nSPS) is 9.67. The van der Waals surface area contributed by atoms with Crippen molar-refractivity contribution in [2.75, 3.05) is 0 Å². The number of pyridine rings is 1. The number of nitro benzene ring substituents is 1. The number of rotatable bonds is 2. The Morgan fingerprint density at radius 1 is 1.28 bits per heavy atom. The summed E-state index contributed by atoms with van der Waals surface area (Å²) in [6.45, 7) is 1.88. The Morgan fingerprint density at radius 2 is 2.00 bits per heavy atom. The predicted octanol–water partition coefficient (Wildman–Crippen LogP) is 3.78. The maximum absolute atomic E-state index is 10.7. The van der Waals surface area contributed by atoms with Gasteiger partial charge in [-0.15, -0.1) is 0 Å². The molecular formula is C12H12ClN3O2. The van der Waals surface area contributed by atoms with E-state index in [2.05, 4.69) is 4.98 Å². The molecule has 18 heavy (non-hydrogen) atoms. The van der Waals surface area contributed by atoms with E-state index >= 15 is 0 Å². The van der Waals surface area contributed by atoms with Gasteiger partial charge in [-0.3, -0.25) is 15.1 Å². The highest BCUT2D eigenvalue weighted by atomic mass is 35.5. The van der Waals surface area contributed by atoms with Crippen LogP contribution < -0.4 is 6.15 Å². The molecule has 0 aliphatic carbocycles. The molecule has 0 aliphatic heterocycles. The van der Waals surface area contributed by atoms with Gasteiger partial charge in [0.2, 0.25) is 0 Å². The number of benzene rings is 1. The Morgan fingerprint density at radius 3 is 2.61 bits per heavy atom. The van der Waals surface area contributed by atoms with Gasteiger partial charge < -0.3 is 6.15 Å². The second kappa shape index (κ2) is 5.57. The number of aryl methyl sites for hydroxylation is 1. The molecular weight excluding hydrogens is 254 g/mol. The lowest BCUT2D eigenvalue weighted by Gasteiger charge is -2.07. The van der Waals surface area contributed by atoms with Crippen molar-refractivity contribution in [2.24, 2.45) is 0 Å². The van der Waals surface area contributed by atoms with Crippen molar-refractivity contribution in [3.8, 4) is 11.1 Å². The lowest BCUT2D eigenvalue weighted by molar-refractivity contribution is -0.384. The molecule has 0 saturated heterocycles. The highest BCUT2D eigenvalue weighted by molar-refractivity contribution is 6.33. The number of hydrogen-bond acceptors (Lipinski definition) is 4. The number of halogens is 1. The summed E-state index contributed by atoms with van der Waals surface area (Å²) in [6, 6.07) is 6.46. The van der Waals surface area contributed by atoms with E-state index in [1.807, 2.05) is 6.92 Å². The van der Waals surface area contributed by atoms with Crippen molar-refractivity contribution >= 4 is 17.3 Å². The van der Waals surface area contributed by atoms with Crippen molar-refractivity contribution in [3.05, 3.63) is 57.4 Å². The van der Waals surface area contributed by atoms with Crippen LogP contribution in [0, 0.1) is 17.0 Å². The summed E-state index contributed by atoms with van der Waals surface area (Å²) in [7, 11) is 0. The number of aromatic nitrogens is 1. The third-order valence-electron chi connectivity index (χ3n) is 2.49. The van der Waals surface area contributed by atoms with Crippen LogP contribution in [0.3, 0.4) is 0 Å². The number of nitrogens with zero attached hydrogens (tertiary/aromatic N) is 2. The molecule has 3 N–H and O–H groups in total. The highest BCUT2D eigenvalue weighted by Crippen LogP contribution is 2.31. The molecule has 1 heterocycles. The second-order valence-corrected chi connectivity index (χ2v) is 4.02. The maximum atomic E-state index is 10.7. The molecule has 1 aromatic heterocycles. The molecule has 5 nitrogen and oxygen atoms in total. The standard InChI is InChI=1S/C12H9ClN2O2.H3N/c1-8-2-3-9(15(16)17)6-11(8)10-4-5-14-7-12(10)13;/h2-7H,1H3;1H3. The Balaban J connectivity index is 0.00000162. The number of hydrogen-bond donors (Lipinski definition) is 1. The van der Waals surface area contributed by atoms with E-state index in [1.165, 1.54) is 18.3 Å². The zero-order valence-electron chi connectivity index (χ0n) is 9.76. The van der Waals surface area contributed by atoms with Gasteiger partial charge in [-0.05, 0) is 24.1 Å². The topological polar surface area (TPSA) is 91.0 Å². The molecule has 0 bridgehead atoms. The lowest BCUT2D eigenvalue weighted by atomic mass is 10.0. The molecule has 0 saturated carbocycles. The monoisotopic (exact) mass is 265 g/mol. The smallest absolute Gasteiger partial charge is 0.270 e. The Bertz CT molecular complexity index is 587. The molecule has 0 amide bonds. The fourth-order valence-electron chi connectivity index (χ4n) is 1.61. The van der Waals surface area contributed by atoms with Gasteiger partial charge in [0.05, 0.1) is 9.95 Å². The summed E-state index contributed by atoms with van der Waals surface area (Å²) in [5, 5.41) is 11.2. The summed E-state index contributed by atoms with van der Waals surface area (Å²) in [5.41, 5.74) is 2.50. The van der Waals surface area contributed by atoms with Gasteiger partial charge in [0.25, 0.3) is 5.69 Å². The molecule has 2 rings (SSSR count). The number of non-ortho nitro benzene ring substituents is 1. The minimum Gasteiger partial charge on any atom is -0.344 e. The number of nitro groups is 1. The second-order valence-electron chi connectivity index (χ2n) is 3.61. The summed E-state index contributed by atoms with van der Waals surface area (Å²) >= 11 is 6.03. The summed E-state index contributed by atoms with van der Waals surface area (Å²) in [5.74, 6) is 0. The van der Waals surface area contributed by atoms with Crippen LogP contribution in [0.4, 0.5) is 5.69 Å². The highest BCUT2D eigenvalue weighted by Gasteiger charge is 2.12. The van der Waals surface area contributed by atoms with Gasteiger partial charge in [-0.25, -0.2) is 0 Å². The fourth-order valence-corrected chi connectivity index (χ4v) is 1.83. The molecule has 1 aromatic carbocycles. The third kappa shape index (κ3) is 2.64. The van der Waals surface area contributed by atoms with Crippen molar-refractivity contribution in [1.82, 2.24) is 11.1 Å². The van der Waals surface area contributed by atoms with Gasteiger partial charge >= 0.3 is 0 Å². The largest absolute Gasteiger partial charge is 0.344 e. The minimum absolute atomic E-state index is 0. The molecule has 6 heteroatoms. The van der Waals surface area contributed by atoms with Crippen molar-refractivity contribution in [3.63, 3.8) is 0 Å². The summed E-state index contributed by atoms with van der Waals surface area (Å²) in [6.07, 6.45) is 3.13. The van der Waals surface area contributed by atoms with Crippen LogP contribution in [-0.2, 0) is 0 Å². The first-order valence-electron chi connectivity index (χ1n) is 4.94. The SMILES string of the molecule is Cc1ccc([N+](=O)[O-])cc1-c1ccncc1Cl.N. The van der Waals surface area contributed by atoms with Gasteiger partial charge in [-0.2, -0.15) is 0 Å². The predicted molar refractivity (Wildman–Crippen MR) is 71.1 cm³/mol. The molecule has 94 valence electrons. The van der Waals surface area contributed by atoms with Crippen molar-refractivity contribution < 1.29 is 4.92 Å². The molecule has 0 unspecified atom stereocenters. The Hall–Kier alpha value is -1.98. The van der Waals surface area contributed by atoms with Crippen LogP contribution in [0.25, 0.3) is 11.1 Å². The van der Waals surface area contributed by atoms with E-state index in [1.54, 1.807) is 18.3 Å².